The SMILES string of the molecule is CC(=O)C(C(C)=O)C(C)=O.[Zr]. The van der Waals surface area contributed by atoms with Crippen molar-refractivity contribution in [3.8, 4) is 0 Å². The standard InChI is InChI=1S/C7H10O3.Zr/c1-4(8)7(5(2)9)6(3)10;/h7H,1-3H3;. The Morgan fingerprint density at radius 3 is 1.00 bits per heavy atom. The number of carbonyl (C=O) groups is 3. The predicted octanol–water partition coefficient (Wildman–Crippen LogP) is 0.367. The summed E-state index contributed by atoms with van der Waals surface area (Å²) in [6, 6.07) is 0. The second-order valence-corrected chi connectivity index (χ2v) is 2.26. The molecule has 0 fully saturated rings. The molecule has 0 rings (SSSR count). The molecule has 0 radical (unpaired) electrons. The van der Waals surface area contributed by atoms with E-state index in [1.54, 1.807) is 0 Å². The van der Waals surface area contributed by atoms with E-state index < -0.39 is 5.92 Å². The maximum Gasteiger partial charge on any atom is 0.147 e. The Kier molecular flexibility index (Phi) is 6.78. The van der Waals surface area contributed by atoms with E-state index in [4.69, 9.17) is 0 Å². The van der Waals surface area contributed by atoms with Gasteiger partial charge in [0.05, 0.1) is 0 Å². The molecule has 0 aromatic rings. The van der Waals surface area contributed by atoms with Gasteiger partial charge in [0.25, 0.3) is 0 Å². The maximum absolute atomic E-state index is 10.6. The van der Waals surface area contributed by atoms with Crippen LogP contribution in [0, 0.1) is 5.92 Å². The molecule has 0 spiro atoms. The van der Waals surface area contributed by atoms with Crippen LogP contribution in [-0.4, -0.2) is 17.3 Å². The average molecular weight is 233 g/mol. The minimum atomic E-state index is -1.03. The van der Waals surface area contributed by atoms with E-state index in [2.05, 4.69) is 0 Å². The normalized spacial score (nSPS) is 8.73. The first-order valence-corrected chi connectivity index (χ1v) is 2.98. The van der Waals surface area contributed by atoms with Gasteiger partial charge in [-0.25, -0.2) is 0 Å². The van der Waals surface area contributed by atoms with Crippen LogP contribution in [0.25, 0.3) is 0 Å². The zero-order valence-electron chi connectivity index (χ0n) is 6.80. The Morgan fingerprint density at radius 1 is 0.818 bits per heavy atom. The van der Waals surface area contributed by atoms with E-state index >= 15 is 0 Å². The number of hydrogen-bond donors (Lipinski definition) is 0. The molecule has 3 nitrogen and oxygen atoms in total. The molecule has 11 heavy (non-hydrogen) atoms. The summed E-state index contributed by atoms with van der Waals surface area (Å²) in [5.41, 5.74) is 0. The van der Waals surface area contributed by atoms with Gasteiger partial charge >= 0.3 is 0 Å². The molecule has 4 heteroatoms. The van der Waals surface area contributed by atoms with Crippen molar-refractivity contribution in [3.63, 3.8) is 0 Å². The summed E-state index contributed by atoms with van der Waals surface area (Å²) in [6.07, 6.45) is 0. The number of ketones is 3. The van der Waals surface area contributed by atoms with E-state index in [1.165, 1.54) is 20.8 Å². The van der Waals surface area contributed by atoms with Crippen LogP contribution in [0.2, 0.25) is 0 Å². The van der Waals surface area contributed by atoms with Gasteiger partial charge in [-0.05, 0) is 20.8 Å². The van der Waals surface area contributed by atoms with Crippen molar-refractivity contribution < 1.29 is 40.6 Å². The Morgan fingerprint density at radius 2 is 1.00 bits per heavy atom. The molecule has 0 aromatic heterocycles. The molecule has 0 atom stereocenters. The van der Waals surface area contributed by atoms with Crippen molar-refractivity contribution in [2.75, 3.05) is 0 Å². The van der Waals surface area contributed by atoms with E-state index in [1.807, 2.05) is 0 Å². The summed E-state index contributed by atoms with van der Waals surface area (Å²) in [7, 11) is 0. The molecular weight excluding hydrogens is 223 g/mol. The van der Waals surface area contributed by atoms with Crippen LogP contribution in [0.3, 0.4) is 0 Å². The first-order valence-electron chi connectivity index (χ1n) is 2.98. The van der Waals surface area contributed by atoms with Crippen LogP contribution in [-0.2, 0) is 40.6 Å². The van der Waals surface area contributed by atoms with Crippen molar-refractivity contribution in [2.45, 2.75) is 20.8 Å². The number of rotatable bonds is 3. The molecular formula is C7H10O3Zr. The molecule has 0 aliphatic carbocycles. The second kappa shape index (κ2) is 5.53. The monoisotopic (exact) mass is 232 g/mol. The zero-order chi connectivity index (χ0) is 8.31. The fraction of sp³-hybridized carbons (Fsp3) is 0.571. The first kappa shape index (κ1) is 13.5. The van der Waals surface area contributed by atoms with Crippen LogP contribution in [0.15, 0.2) is 0 Å². The van der Waals surface area contributed by atoms with Gasteiger partial charge in [0.1, 0.15) is 23.3 Å². The molecule has 0 aromatic carbocycles. The van der Waals surface area contributed by atoms with E-state index in [-0.39, 0.29) is 43.6 Å². The van der Waals surface area contributed by atoms with Crippen LogP contribution < -0.4 is 0 Å². The Balaban J connectivity index is 0. The minimum absolute atomic E-state index is 0. The molecule has 0 aliphatic heterocycles. The van der Waals surface area contributed by atoms with Crippen molar-refractivity contribution in [2.24, 2.45) is 5.92 Å². The summed E-state index contributed by atoms with van der Waals surface area (Å²) in [6.45, 7) is 3.73. The second-order valence-electron chi connectivity index (χ2n) is 2.26. The Hall–Kier alpha value is -0.107. The van der Waals surface area contributed by atoms with Gasteiger partial charge in [-0.15, -0.1) is 0 Å². The largest absolute Gasteiger partial charge is 0.299 e. The fourth-order valence-corrected chi connectivity index (χ4v) is 0.859. The Bertz CT molecular complexity index is 153. The van der Waals surface area contributed by atoms with Gasteiger partial charge in [0.2, 0.25) is 0 Å². The quantitative estimate of drug-likeness (QED) is 0.662. The van der Waals surface area contributed by atoms with Crippen LogP contribution in [0.4, 0.5) is 0 Å². The predicted molar refractivity (Wildman–Crippen MR) is 35.5 cm³/mol. The Labute approximate surface area is 84.7 Å². The number of carbonyl (C=O) groups excluding carboxylic acids is 3. The number of hydrogen-bond acceptors (Lipinski definition) is 3. The maximum atomic E-state index is 10.6. The van der Waals surface area contributed by atoms with Crippen LogP contribution >= 0.6 is 0 Å². The minimum Gasteiger partial charge on any atom is -0.299 e. The molecule has 60 valence electrons. The third kappa shape index (κ3) is 4.36. The van der Waals surface area contributed by atoms with Gasteiger partial charge in [0, 0.05) is 26.2 Å². The molecule has 0 bridgehead atoms. The third-order valence-electron chi connectivity index (χ3n) is 1.22. The summed E-state index contributed by atoms with van der Waals surface area (Å²) in [4.78, 5) is 31.8. The summed E-state index contributed by atoms with van der Waals surface area (Å²) in [5.74, 6) is -2.15. The molecule has 0 saturated heterocycles. The van der Waals surface area contributed by atoms with Gasteiger partial charge in [-0.3, -0.25) is 14.4 Å². The molecule has 0 unspecified atom stereocenters. The first-order chi connectivity index (χ1) is 4.46. The smallest absolute Gasteiger partial charge is 0.147 e. The molecule has 0 heterocycles. The summed E-state index contributed by atoms with van der Waals surface area (Å²) < 4.78 is 0. The topological polar surface area (TPSA) is 51.2 Å². The zero-order valence-corrected chi connectivity index (χ0v) is 9.26. The number of Topliss-reactive ketones (excluding diaryl/α,β-unsaturated/α-hetero) is 3. The van der Waals surface area contributed by atoms with Gasteiger partial charge in [-0.1, -0.05) is 0 Å². The molecule has 0 aliphatic rings. The van der Waals surface area contributed by atoms with Gasteiger partial charge in [0.15, 0.2) is 0 Å². The van der Waals surface area contributed by atoms with E-state index in [0.717, 1.165) is 0 Å². The third-order valence-corrected chi connectivity index (χ3v) is 1.22. The molecule has 0 amide bonds. The van der Waals surface area contributed by atoms with Gasteiger partial charge in [-0.2, -0.15) is 0 Å². The van der Waals surface area contributed by atoms with Crippen molar-refractivity contribution in [1.29, 1.82) is 0 Å². The average Bonchev–Trinajstić information content (AvgIpc) is 1.59. The van der Waals surface area contributed by atoms with E-state index in [9.17, 15) is 14.4 Å². The van der Waals surface area contributed by atoms with Crippen molar-refractivity contribution >= 4 is 17.3 Å². The van der Waals surface area contributed by atoms with Crippen LogP contribution in [0.5, 0.6) is 0 Å². The molecule has 0 N–H and O–H groups in total. The van der Waals surface area contributed by atoms with Crippen molar-refractivity contribution in [1.82, 2.24) is 0 Å². The summed E-state index contributed by atoms with van der Waals surface area (Å²) >= 11 is 0. The summed E-state index contributed by atoms with van der Waals surface area (Å²) in [5, 5.41) is 0. The van der Waals surface area contributed by atoms with Crippen molar-refractivity contribution in [3.05, 3.63) is 0 Å². The van der Waals surface area contributed by atoms with E-state index in [0.29, 0.717) is 0 Å². The van der Waals surface area contributed by atoms with Gasteiger partial charge < -0.3 is 0 Å². The molecule has 0 saturated carbocycles. The van der Waals surface area contributed by atoms with Crippen LogP contribution in [0.1, 0.15) is 20.8 Å². The fourth-order valence-electron chi connectivity index (χ4n) is 0.859.